The van der Waals surface area contributed by atoms with Gasteiger partial charge < -0.3 is 26.0 Å². The van der Waals surface area contributed by atoms with Gasteiger partial charge in [0.2, 0.25) is 5.95 Å². The van der Waals surface area contributed by atoms with Crippen molar-refractivity contribution < 1.29 is 4.74 Å². The van der Waals surface area contributed by atoms with Gasteiger partial charge in [-0.05, 0) is 81.0 Å². The first-order valence-corrected chi connectivity index (χ1v) is 13.2. The number of hydrogen-bond donors (Lipinski definition) is 4. The molecule has 0 radical (unpaired) electrons. The SMILES string of the molecule is CCC[C@@]1(CCCN[C@H](C)COC)CC1Nc1nccc(C2=CC(NCC3(C)CC3)=CCN2)n1. The molecule has 2 aliphatic carbocycles. The standard InChI is InChI=1S/C27H44N6O/c1-5-9-27(10-6-13-28-20(2)18-34-4)17-24(27)33-25-30-15-8-22(32-25)23-16-21(7-14-29-23)31-19-26(3)11-12-26/h7-8,15-16,20,24,28-29,31H,5-6,9-14,17-19H2,1-4H3,(H,30,32,33)/t20-,24?,27-/m1/s1. The quantitative estimate of drug-likeness (QED) is 0.289. The van der Waals surface area contributed by atoms with Crippen LogP contribution in [0.25, 0.3) is 5.70 Å². The highest BCUT2D eigenvalue weighted by Crippen LogP contribution is 2.54. The summed E-state index contributed by atoms with van der Waals surface area (Å²) >= 11 is 0. The minimum atomic E-state index is 0.376. The highest BCUT2D eigenvalue weighted by molar-refractivity contribution is 5.66. The van der Waals surface area contributed by atoms with E-state index in [1.165, 1.54) is 50.6 Å². The van der Waals surface area contributed by atoms with Gasteiger partial charge in [0.1, 0.15) is 0 Å². The molecule has 0 aromatic carbocycles. The van der Waals surface area contributed by atoms with Crippen molar-refractivity contribution in [3.63, 3.8) is 0 Å². The Labute approximate surface area is 205 Å². The average molecular weight is 469 g/mol. The van der Waals surface area contributed by atoms with Crippen LogP contribution in [0, 0.1) is 10.8 Å². The molecule has 34 heavy (non-hydrogen) atoms. The van der Waals surface area contributed by atoms with Crippen molar-refractivity contribution in [2.24, 2.45) is 10.8 Å². The molecule has 0 bridgehead atoms. The van der Waals surface area contributed by atoms with E-state index in [0.29, 0.717) is 22.9 Å². The van der Waals surface area contributed by atoms with Crippen molar-refractivity contribution in [3.05, 3.63) is 35.8 Å². The molecule has 2 heterocycles. The van der Waals surface area contributed by atoms with E-state index in [0.717, 1.165) is 43.6 Å². The van der Waals surface area contributed by atoms with Gasteiger partial charge >= 0.3 is 0 Å². The van der Waals surface area contributed by atoms with Crippen LogP contribution in [0.1, 0.15) is 71.4 Å². The molecule has 1 aromatic heterocycles. The molecule has 4 N–H and O–H groups in total. The van der Waals surface area contributed by atoms with Crippen LogP contribution in [-0.2, 0) is 4.74 Å². The van der Waals surface area contributed by atoms with Crippen molar-refractivity contribution in [1.29, 1.82) is 0 Å². The average Bonchev–Trinajstić information content (AvgIpc) is 3.74. The van der Waals surface area contributed by atoms with Crippen LogP contribution in [0.15, 0.2) is 30.1 Å². The van der Waals surface area contributed by atoms with Crippen LogP contribution in [0.5, 0.6) is 0 Å². The first kappa shape index (κ1) is 25.0. The fraction of sp³-hybridized carbons (Fsp3) is 0.704. The third-order valence-corrected chi connectivity index (χ3v) is 7.67. The van der Waals surface area contributed by atoms with Crippen molar-refractivity contribution in [1.82, 2.24) is 25.9 Å². The summed E-state index contributed by atoms with van der Waals surface area (Å²) in [4.78, 5) is 9.41. The first-order chi connectivity index (χ1) is 16.5. The second-order valence-corrected chi connectivity index (χ2v) is 11.0. The molecule has 188 valence electrons. The second-order valence-electron chi connectivity index (χ2n) is 11.0. The Morgan fingerprint density at radius 3 is 2.91 bits per heavy atom. The maximum absolute atomic E-state index is 5.22. The smallest absolute Gasteiger partial charge is 0.223 e. The van der Waals surface area contributed by atoms with Crippen LogP contribution in [0.4, 0.5) is 5.95 Å². The van der Waals surface area contributed by atoms with E-state index in [1.807, 2.05) is 12.3 Å². The lowest BCUT2D eigenvalue weighted by Crippen LogP contribution is -2.31. The van der Waals surface area contributed by atoms with Crippen molar-refractivity contribution in [3.8, 4) is 0 Å². The summed E-state index contributed by atoms with van der Waals surface area (Å²) in [7, 11) is 1.76. The molecule has 3 aliphatic rings. The number of hydrogen-bond acceptors (Lipinski definition) is 7. The van der Waals surface area contributed by atoms with Gasteiger partial charge in [-0.3, -0.25) is 0 Å². The third-order valence-electron chi connectivity index (χ3n) is 7.67. The number of nitrogens with zero attached hydrogens (tertiary/aromatic N) is 2. The fourth-order valence-electron chi connectivity index (χ4n) is 5.09. The van der Waals surface area contributed by atoms with Gasteiger partial charge in [0, 0.05) is 44.2 Å². The molecule has 3 atom stereocenters. The van der Waals surface area contributed by atoms with Gasteiger partial charge in [0.15, 0.2) is 0 Å². The van der Waals surface area contributed by atoms with Gasteiger partial charge in [-0.15, -0.1) is 0 Å². The molecule has 7 heteroatoms. The number of dihydropyridines is 1. The number of allylic oxidation sites excluding steroid dienone is 1. The summed E-state index contributed by atoms with van der Waals surface area (Å²) in [6.45, 7) is 10.5. The summed E-state index contributed by atoms with van der Waals surface area (Å²) in [5, 5.41) is 14.3. The molecule has 2 fully saturated rings. The number of methoxy groups -OCH3 is 1. The molecule has 0 amide bonds. The van der Waals surface area contributed by atoms with E-state index < -0.39 is 0 Å². The van der Waals surface area contributed by atoms with Gasteiger partial charge in [0.05, 0.1) is 18.0 Å². The molecule has 0 saturated heterocycles. The van der Waals surface area contributed by atoms with Crippen LogP contribution >= 0.6 is 0 Å². The number of ether oxygens (including phenoxy) is 1. The van der Waals surface area contributed by atoms with Crippen LogP contribution in [0.3, 0.4) is 0 Å². The lowest BCUT2D eigenvalue weighted by Gasteiger charge is -2.20. The van der Waals surface area contributed by atoms with Gasteiger partial charge in [-0.2, -0.15) is 0 Å². The second kappa shape index (κ2) is 11.1. The summed E-state index contributed by atoms with van der Waals surface area (Å²) < 4.78 is 5.22. The number of rotatable bonds is 15. The van der Waals surface area contributed by atoms with Crippen molar-refractivity contribution in [2.45, 2.75) is 77.8 Å². The molecule has 1 aliphatic heterocycles. The van der Waals surface area contributed by atoms with Crippen molar-refractivity contribution >= 4 is 11.6 Å². The van der Waals surface area contributed by atoms with E-state index in [9.17, 15) is 0 Å². The predicted octanol–water partition coefficient (Wildman–Crippen LogP) is 4.07. The largest absolute Gasteiger partial charge is 0.385 e. The molecule has 1 unspecified atom stereocenters. The maximum atomic E-state index is 5.22. The van der Waals surface area contributed by atoms with E-state index in [2.05, 4.69) is 59.2 Å². The molecule has 4 rings (SSSR count). The zero-order chi connectivity index (χ0) is 24.0. The number of nitrogens with one attached hydrogen (secondary N) is 4. The zero-order valence-corrected chi connectivity index (χ0v) is 21.5. The van der Waals surface area contributed by atoms with Crippen LogP contribution in [0.2, 0.25) is 0 Å². The molecule has 0 spiro atoms. The lowest BCUT2D eigenvalue weighted by molar-refractivity contribution is 0.171. The minimum Gasteiger partial charge on any atom is -0.385 e. The summed E-state index contributed by atoms with van der Waals surface area (Å²) in [5.41, 5.74) is 4.05. The lowest BCUT2D eigenvalue weighted by atomic mass is 9.93. The fourth-order valence-corrected chi connectivity index (χ4v) is 5.09. The first-order valence-electron chi connectivity index (χ1n) is 13.2. The Morgan fingerprint density at radius 2 is 2.15 bits per heavy atom. The highest BCUT2D eigenvalue weighted by atomic mass is 16.5. The highest BCUT2D eigenvalue weighted by Gasteiger charge is 2.52. The molecular formula is C27H44N6O. The zero-order valence-electron chi connectivity index (χ0n) is 21.5. The Bertz CT molecular complexity index is 880. The topological polar surface area (TPSA) is 83.1 Å². The Hall–Kier alpha value is -2.12. The maximum Gasteiger partial charge on any atom is 0.223 e. The Kier molecular flexibility index (Phi) is 8.14. The van der Waals surface area contributed by atoms with Gasteiger partial charge in [0.25, 0.3) is 0 Å². The van der Waals surface area contributed by atoms with E-state index in [-0.39, 0.29) is 0 Å². The minimum absolute atomic E-state index is 0.376. The van der Waals surface area contributed by atoms with Crippen molar-refractivity contribution in [2.75, 3.05) is 38.7 Å². The third kappa shape index (κ3) is 6.72. The predicted molar refractivity (Wildman–Crippen MR) is 139 cm³/mol. The van der Waals surface area contributed by atoms with E-state index >= 15 is 0 Å². The van der Waals surface area contributed by atoms with Gasteiger partial charge in [-0.25, -0.2) is 9.97 Å². The van der Waals surface area contributed by atoms with E-state index in [1.54, 1.807) is 7.11 Å². The van der Waals surface area contributed by atoms with Gasteiger partial charge in [-0.1, -0.05) is 20.3 Å². The van der Waals surface area contributed by atoms with Crippen LogP contribution in [-0.4, -0.2) is 55.4 Å². The summed E-state index contributed by atoms with van der Waals surface area (Å²) in [5.74, 6) is 0.740. The van der Waals surface area contributed by atoms with Crippen LogP contribution < -0.4 is 21.3 Å². The number of aromatic nitrogens is 2. The molecule has 2 saturated carbocycles. The number of anilines is 1. The summed E-state index contributed by atoms with van der Waals surface area (Å²) in [6.07, 6.45) is 15.0. The Balaban J connectivity index is 1.31. The van der Waals surface area contributed by atoms with E-state index in [4.69, 9.17) is 9.72 Å². The Morgan fingerprint density at radius 1 is 1.29 bits per heavy atom. The molecule has 1 aromatic rings. The summed E-state index contributed by atoms with van der Waals surface area (Å²) in [6, 6.07) is 2.86. The normalized spacial score (nSPS) is 25.6. The monoisotopic (exact) mass is 468 g/mol. The molecular weight excluding hydrogens is 424 g/mol. The molecule has 7 nitrogen and oxygen atoms in total.